The first-order valence-corrected chi connectivity index (χ1v) is 10.4. The highest BCUT2D eigenvalue weighted by Crippen LogP contribution is 2.18. The Hall–Kier alpha value is -2.22. The monoisotopic (exact) mass is 387 g/mol. The molecule has 2 aromatic carbocycles. The van der Waals surface area contributed by atoms with Gasteiger partial charge in [-0.2, -0.15) is 4.31 Å². The van der Waals surface area contributed by atoms with Crippen molar-refractivity contribution in [1.82, 2.24) is 14.5 Å². The molecule has 0 aliphatic carbocycles. The Morgan fingerprint density at radius 2 is 1.63 bits per heavy atom. The van der Waals surface area contributed by atoms with Gasteiger partial charge in [-0.1, -0.05) is 24.3 Å². The van der Waals surface area contributed by atoms with E-state index >= 15 is 0 Å². The van der Waals surface area contributed by atoms with Gasteiger partial charge in [0.05, 0.1) is 4.90 Å². The number of amides is 1. The van der Waals surface area contributed by atoms with E-state index in [1.807, 2.05) is 38.2 Å². The second-order valence-corrected chi connectivity index (χ2v) is 8.78. The summed E-state index contributed by atoms with van der Waals surface area (Å²) in [5, 5.41) is 2.88. The first-order valence-electron chi connectivity index (χ1n) is 8.99. The van der Waals surface area contributed by atoms with Crippen molar-refractivity contribution in [2.24, 2.45) is 0 Å². The van der Waals surface area contributed by atoms with E-state index in [2.05, 4.69) is 10.2 Å². The Morgan fingerprint density at radius 1 is 1.00 bits per heavy atom. The molecule has 2 aromatic rings. The van der Waals surface area contributed by atoms with Gasteiger partial charge in [-0.25, -0.2) is 8.42 Å². The van der Waals surface area contributed by atoms with E-state index in [0.29, 0.717) is 25.2 Å². The molecule has 144 valence electrons. The number of benzene rings is 2. The van der Waals surface area contributed by atoms with Crippen LogP contribution in [-0.4, -0.2) is 56.8 Å². The van der Waals surface area contributed by atoms with Crippen molar-refractivity contribution in [3.8, 4) is 0 Å². The number of nitrogens with one attached hydrogen (secondary N) is 1. The fourth-order valence-corrected chi connectivity index (χ4v) is 4.46. The molecule has 27 heavy (non-hydrogen) atoms. The molecule has 1 N–H and O–H groups in total. The van der Waals surface area contributed by atoms with Crippen LogP contribution in [0, 0.1) is 6.92 Å². The van der Waals surface area contributed by atoms with Gasteiger partial charge in [-0.3, -0.25) is 4.79 Å². The molecular formula is C20H25N3O3S. The molecule has 3 rings (SSSR count). The van der Waals surface area contributed by atoms with Crippen LogP contribution in [0.25, 0.3) is 0 Å². The highest BCUT2D eigenvalue weighted by Gasteiger charge is 2.27. The lowest BCUT2D eigenvalue weighted by Crippen LogP contribution is -2.47. The number of nitrogens with zero attached hydrogens (tertiary/aromatic N) is 2. The number of aryl methyl sites for hydroxylation is 1. The fourth-order valence-electron chi connectivity index (χ4n) is 3.04. The van der Waals surface area contributed by atoms with Gasteiger partial charge < -0.3 is 10.2 Å². The predicted octanol–water partition coefficient (Wildman–Crippen LogP) is 1.86. The molecule has 1 aliphatic rings. The van der Waals surface area contributed by atoms with Crippen molar-refractivity contribution in [1.29, 1.82) is 0 Å². The van der Waals surface area contributed by atoms with E-state index in [4.69, 9.17) is 0 Å². The third kappa shape index (κ3) is 4.55. The number of carbonyl (C=O) groups is 1. The molecule has 0 unspecified atom stereocenters. The summed E-state index contributed by atoms with van der Waals surface area (Å²) < 4.78 is 27.0. The first kappa shape index (κ1) is 19.5. The third-order valence-electron chi connectivity index (χ3n) is 4.92. The summed E-state index contributed by atoms with van der Waals surface area (Å²) >= 11 is 0. The number of hydrogen-bond donors (Lipinski definition) is 1. The summed E-state index contributed by atoms with van der Waals surface area (Å²) in [6.45, 7) is 4.85. The summed E-state index contributed by atoms with van der Waals surface area (Å²) in [5.41, 5.74) is 2.62. The van der Waals surface area contributed by atoms with Crippen LogP contribution in [0.3, 0.4) is 0 Å². The van der Waals surface area contributed by atoms with Crippen LogP contribution < -0.4 is 5.32 Å². The van der Waals surface area contributed by atoms with Gasteiger partial charge in [0.1, 0.15) is 0 Å². The molecule has 0 aromatic heterocycles. The van der Waals surface area contributed by atoms with Crippen LogP contribution in [0.2, 0.25) is 0 Å². The SMILES string of the molecule is Cc1ccccc1CNC(=O)c1ccc(S(=O)(=O)N2CCN(C)CC2)cc1. The quantitative estimate of drug-likeness (QED) is 0.850. The summed E-state index contributed by atoms with van der Waals surface area (Å²) in [7, 11) is -1.53. The van der Waals surface area contributed by atoms with Crippen LogP contribution in [0.5, 0.6) is 0 Å². The van der Waals surface area contributed by atoms with E-state index in [1.54, 1.807) is 12.1 Å². The molecular weight excluding hydrogens is 362 g/mol. The minimum atomic E-state index is -3.51. The Kier molecular flexibility index (Phi) is 5.94. The lowest BCUT2D eigenvalue weighted by Gasteiger charge is -2.31. The molecule has 0 spiro atoms. The standard InChI is InChI=1S/C20H25N3O3S/c1-16-5-3-4-6-18(16)15-21-20(24)17-7-9-19(10-8-17)27(25,26)23-13-11-22(2)12-14-23/h3-10H,11-15H2,1-2H3,(H,21,24). The Bertz CT molecular complexity index is 902. The molecule has 1 aliphatic heterocycles. The van der Waals surface area contributed by atoms with Crippen LogP contribution >= 0.6 is 0 Å². The van der Waals surface area contributed by atoms with Crippen LogP contribution in [0.15, 0.2) is 53.4 Å². The summed E-state index contributed by atoms with van der Waals surface area (Å²) in [5.74, 6) is -0.221. The highest BCUT2D eigenvalue weighted by atomic mass is 32.2. The van der Waals surface area contributed by atoms with Crippen molar-refractivity contribution in [2.45, 2.75) is 18.4 Å². The zero-order chi connectivity index (χ0) is 19.4. The maximum atomic E-state index is 12.7. The van der Waals surface area contributed by atoms with E-state index in [-0.39, 0.29) is 10.8 Å². The lowest BCUT2D eigenvalue weighted by molar-refractivity contribution is 0.0950. The number of hydrogen-bond acceptors (Lipinski definition) is 4. The molecule has 0 atom stereocenters. The molecule has 1 fully saturated rings. The molecule has 0 saturated carbocycles. The van der Waals surface area contributed by atoms with Crippen molar-refractivity contribution in [3.05, 3.63) is 65.2 Å². The van der Waals surface area contributed by atoms with Crippen molar-refractivity contribution in [2.75, 3.05) is 33.2 Å². The topological polar surface area (TPSA) is 69.7 Å². The average Bonchev–Trinajstić information content (AvgIpc) is 2.67. The Balaban J connectivity index is 1.66. The minimum Gasteiger partial charge on any atom is -0.348 e. The predicted molar refractivity (Wildman–Crippen MR) is 105 cm³/mol. The van der Waals surface area contributed by atoms with E-state index < -0.39 is 10.0 Å². The van der Waals surface area contributed by atoms with Gasteiger partial charge in [0, 0.05) is 38.3 Å². The maximum Gasteiger partial charge on any atom is 0.251 e. The van der Waals surface area contributed by atoms with Gasteiger partial charge in [0.25, 0.3) is 5.91 Å². The van der Waals surface area contributed by atoms with E-state index in [9.17, 15) is 13.2 Å². The minimum absolute atomic E-state index is 0.221. The number of carbonyl (C=O) groups excluding carboxylic acids is 1. The van der Waals surface area contributed by atoms with E-state index in [1.165, 1.54) is 16.4 Å². The maximum absolute atomic E-state index is 12.7. The number of likely N-dealkylation sites (N-methyl/N-ethyl adjacent to an activating group) is 1. The molecule has 1 amide bonds. The van der Waals surface area contributed by atoms with Crippen LogP contribution in [-0.2, 0) is 16.6 Å². The van der Waals surface area contributed by atoms with Gasteiger partial charge in [0.15, 0.2) is 0 Å². The smallest absolute Gasteiger partial charge is 0.251 e. The Morgan fingerprint density at radius 3 is 2.26 bits per heavy atom. The molecule has 1 saturated heterocycles. The summed E-state index contributed by atoms with van der Waals surface area (Å²) in [6, 6.07) is 14.0. The molecule has 0 bridgehead atoms. The zero-order valence-electron chi connectivity index (χ0n) is 15.7. The van der Waals surface area contributed by atoms with E-state index in [0.717, 1.165) is 24.2 Å². The normalized spacial score (nSPS) is 16.2. The summed E-state index contributed by atoms with van der Waals surface area (Å²) in [6.07, 6.45) is 0. The van der Waals surface area contributed by atoms with Crippen LogP contribution in [0.1, 0.15) is 21.5 Å². The third-order valence-corrected chi connectivity index (χ3v) is 6.83. The van der Waals surface area contributed by atoms with Gasteiger partial charge >= 0.3 is 0 Å². The second-order valence-electron chi connectivity index (χ2n) is 6.84. The second kappa shape index (κ2) is 8.21. The van der Waals surface area contributed by atoms with Gasteiger partial charge in [-0.05, 0) is 49.4 Å². The van der Waals surface area contributed by atoms with Gasteiger partial charge in [0.2, 0.25) is 10.0 Å². The van der Waals surface area contributed by atoms with Crippen LogP contribution in [0.4, 0.5) is 0 Å². The van der Waals surface area contributed by atoms with Gasteiger partial charge in [-0.15, -0.1) is 0 Å². The van der Waals surface area contributed by atoms with Crippen molar-refractivity contribution >= 4 is 15.9 Å². The number of sulfonamides is 1. The first-order chi connectivity index (χ1) is 12.9. The zero-order valence-corrected chi connectivity index (χ0v) is 16.5. The van der Waals surface area contributed by atoms with Crippen molar-refractivity contribution < 1.29 is 13.2 Å². The summed E-state index contributed by atoms with van der Waals surface area (Å²) in [4.78, 5) is 14.7. The highest BCUT2D eigenvalue weighted by molar-refractivity contribution is 7.89. The van der Waals surface area contributed by atoms with Crippen molar-refractivity contribution in [3.63, 3.8) is 0 Å². The number of piperazine rings is 1. The largest absolute Gasteiger partial charge is 0.348 e. The Labute approximate surface area is 160 Å². The molecule has 6 nitrogen and oxygen atoms in total. The number of rotatable bonds is 5. The molecule has 7 heteroatoms. The fraction of sp³-hybridized carbons (Fsp3) is 0.350. The average molecular weight is 388 g/mol. The lowest BCUT2D eigenvalue weighted by atomic mass is 10.1. The molecule has 1 heterocycles. The molecule has 0 radical (unpaired) electrons.